The molecular formula is C30H30FN5O3S. The van der Waals surface area contributed by atoms with E-state index in [2.05, 4.69) is 26.3 Å². The summed E-state index contributed by atoms with van der Waals surface area (Å²) < 4.78 is 26.3. The van der Waals surface area contributed by atoms with Gasteiger partial charge in [-0.15, -0.1) is 0 Å². The fourth-order valence-corrected chi connectivity index (χ4v) is 5.63. The highest BCUT2D eigenvalue weighted by atomic mass is 32.1. The van der Waals surface area contributed by atoms with Crippen LogP contribution in [0.2, 0.25) is 0 Å². The van der Waals surface area contributed by atoms with Crippen LogP contribution in [0, 0.1) is 19.7 Å². The molecule has 10 heteroatoms. The summed E-state index contributed by atoms with van der Waals surface area (Å²) in [4.78, 5) is 19.0. The van der Waals surface area contributed by atoms with Crippen LogP contribution >= 0.6 is 12.2 Å². The Morgan fingerprint density at radius 3 is 2.50 bits per heavy atom. The minimum absolute atomic E-state index is 0.0865. The molecule has 3 heterocycles. The topological polar surface area (TPSA) is 80.7 Å². The fraction of sp³-hybridized carbons (Fsp3) is 0.233. The number of thiocarbonyl (C=S) groups is 1. The molecule has 0 spiro atoms. The SMILES string of the molecule is COCC(=O)Nc1cc(N2C(=S)N[C@@H](c3ccccn3)[C@@H]2c2cc(C)n(-c3ccc(F)cc3)c2C)ccc1OC. The zero-order valence-electron chi connectivity index (χ0n) is 22.6. The molecule has 1 aliphatic heterocycles. The summed E-state index contributed by atoms with van der Waals surface area (Å²) in [5.41, 5.74) is 6.00. The van der Waals surface area contributed by atoms with Gasteiger partial charge in [0.25, 0.3) is 0 Å². The number of aromatic nitrogens is 2. The van der Waals surface area contributed by atoms with Crippen molar-refractivity contribution < 1.29 is 18.7 Å². The van der Waals surface area contributed by atoms with Gasteiger partial charge >= 0.3 is 0 Å². The fourth-order valence-electron chi connectivity index (χ4n) is 5.28. The molecule has 5 rings (SSSR count). The molecule has 8 nitrogen and oxygen atoms in total. The summed E-state index contributed by atoms with van der Waals surface area (Å²) >= 11 is 5.90. The predicted molar refractivity (Wildman–Crippen MR) is 157 cm³/mol. The lowest BCUT2D eigenvalue weighted by atomic mass is 9.96. The Labute approximate surface area is 237 Å². The van der Waals surface area contributed by atoms with Gasteiger partial charge in [0.1, 0.15) is 18.2 Å². The number of hydrogen-bond donors (Lipinski definition) is 2. The highest BCUT2D eigenvalue weighted by molar-refractivity contribution is 7.80. The van der Waals surface area contributed by atoms with Gasteiger partial charge in [-0.3, -0.25) is 9.78 Å². The number of nitrogens with zero attached hydrogens (tertiary/aromatic N) is 3. The lowest BCUT2D eigenvalue weighted by Crippen LogP contribution is -2.29. The van der Waals surface area contributed by atoms with Crippen molar-refractivity contribution in [1.82, 2.24) is 14.9 Å². The molecular weight excluding hydrogens is 529 g/mol. The van der Waals surface area contributed by atoms with E-state index in [9.17, 15) is 9.18 Å². The highest BCUT2D eigenvalue weighted by Crippen LogP contribution is 2.45. The van der Waals surface area contributed by atoms with Crippen molar-refractivity contribution in [3.8, 4) is 11.4 Å². The number of carbonyl (C=O) groups is 1. The van der Waals surface area contributed by atoms with E-state index < -0.39 is 0 Å². The molecule has 1 aliphatic rings. The summed E-state index contributed by atoms with van der Waals surface area (Å²) in [5.74, 6) is -0.0736. The Morgan fingerprint density at radius 2 is 1.82 bits per heavy atom. The van der Waals surface area contributed by atoms with E-state index in [0.29, 0.717) is 16.5 Å². The molecule has 2 N–H and O–H groups in total. The Balaban J connectivity index is 1.64. The summed E-state index contributed by atoms with van der Waals surface area (Å²) in [5, 5.41) is 6.86. The molecule has 0 aliphatic carbocycles. The third kappa shape index (κ3) is 5.15. The van der Waals surface area contributed by atoms with Crippen LogP contribution in [0.25, 0.3) is 5.69 Å². The summed E-state index contributed by atoms with van der Waals surface area (Å²) in [6.07, 6.45) is 1.76. The quantitative estimate of drug-likeness (QED) is 0.280. The highest BCUT2D eigenvalue weighted by Gasteiger charge is 2.42. The van der Waals surface area contributed by atoms with Gasteiger partial charge in [-0.1, -0.05) is 6.07 Å². The van der Waals surface area contributed by atoms with Gasteiger partial charge in [-0.25, -0.2) is 4.39 Å². The first-order valence-electron chi connectivity index (χ1n) is 12.7. The number of nitrogens with one attached hydrogen (secondary N) is 2. The number of methoxy groups -OCH3 is 2. The molecule has 1 amide bonds. The van der Waals surface area contributed by atoms with Gasteiger partial charge in [0.15, 0.2) is 5.11 Å². The van der Waals surface area contributed by atoms with Crippen LogP contribution in [0.4, 0.5) is 15.8 Å². The molecule has 2 atom stereocenters. The maximum absolute atomic E-state index is 13.7. The largest absolute Gasteiger partial charge is 0.495 e. The Bertz CT molecular complexity index is 1540. The number of pyridine rings is 1. The summed E-state index contributed by atoms with van der Waals surface area (Å²) in [6.45, 7) is 3.99. The zero-order chi connectivity index (χ0) is 28.4. The molecule has 0 radical (unpaired) electrons. The summed E-state index contributed by atoms with van der Waals surface area (Å²) in [7, 11) is 3.01. The number of halogens is 1. The normalized spacial score (nSPS) is 16.6. The second kappa shape index (κ2) is 11.4. The first-order chi connectivity index (χ1) is 19.3. The Hall–Kier alpha value is -4.28. The van der Waals surface area contributed by atoms with Gasteiger partial charge < -0.3 is 29.6 Å². The number of rotatable bonds is 8. The molecule has 206 valence electrons. The molecule has 40 heavy (non-hydrogen) atoms. The van der Waals surface area contributed by atoms with Crippen molar-refractivity contribution in [2.45, 2.75) is 25.9 Å². The van der Waals surface area contributed by atoms with Gasteiger partial charge in [0.2, 0.25) is 5.91 Å². The minimum atomic E-state index is -0.300. The van der Waals surface area contributed by atoms with Crippen LogP contribution in [0.3, 0.4) is 0 Å². The van der Waals surface area contributed by atoms with E-state index >= 15 is 0 Å². The van der Waals surface area contributed by atoms with Crippen LogP contribution in [-0.4, -0.2) is 41.4 Å². The molecule has 0 saturated carbocycles. The van der Waals surface area contributed by atoms with E-state index in [1.54, 1.807) is 31.5 Å². The number of benzene rings is 2. The van der Waals surface area contributed by atoms with E-state index in [0.717, 1.165) is 34.0 Å². The second-order valence-electron chi connectivity index (χ2n) is 9.50. The third-order valence-corrected chi connectivity index (χ3v) is 7.30. The van der Waals surface area contributed by atoms with Crippen molar-refractivity contribution in [3.63, 3.8) is 0 Å². The van der Waals surface area contributed by atoms with Gasteiger partial charge in [-0.2, -0.15) is 0 Å². The van der Waals surface area contributed by atoms with Crippen LogP contribution in [-0.2, 0) is 9.53 Å². The first kappa shape index (κ1) is 27.3. The molecule has 0 bridgehead atoms. The van der Waals surface area contributed by atoms with Crippen molar-refractivity contribution in [1.29, 1.82) is 0 Å². The molecule has 1 saturated heterocycles. The van der Waals surface area contributed by atoms with E-state index in [4.69, 9.17) is 21.7 Å². The van der Waals surface area contributed by atoms with Crippen LogP contribution < -0.4 is 20.3 Å². The molecule has 2 aromatic heterocycles. The lowest BCUT2D eigenvalue weighted by molar-refractivity contribution is -0.119. The van der Waals surface area contributed by atoms with Crippen molar-refractivity contribution in [3.05, 3.63) is 101 Å². The second-order valence-corrected chi connectivity index (χ2v) is 9.89. The van der Waals surface area contributed by atoms with Crippen LogP contribution in [0.15, 0.2) is 72.9 Å². The van der Waals surface area contributed by atoms with Crippen LogP contribution in [0.5, 0.6) is 5.75 Å². The molecule has 1 fully saturated rings. The maximum Gasteiger partial charge on any atom is 0.250 e. The molecule has 0 unspecified atom stereocenters. The Kier molecular flexibility index (Phi) is 7.81. The average Bonchev–Trinajstić information content (AvgIpc) is 3.44. The van der Waals surface area contributed by atoms with Crippen LogP contribution in [0.1, 0.15) is 34.7 Å². The minimum Gasteiger partial charge on any atom is -0.495 e. The van der Waals surface area contributed by atoms with Gasteiger partial charge in [0.05, 0.1) is 30.6 Å². The molecule has 2 aromatic carbocycles. The number of amides is 1. The van der Waals surface area contributed by atoms with Crippen molar-refractivity contribution in [2.24, 2.45) is 0 Å². The van der Waals surface area contributed by atoms with E-state index in [1.807, 2.05) is 49.1 Å². The number of carbonyl (C=O) groups excluding carboxylic acids is 1. The van der Waals surface area contributed by atoms with Gasteiger partial charge in [0, 0.05) is 36.1 Å². The van der Waals surface area contributed by atoms with E-state index in [1.165, 1.54) is 19.2 Å². The number of ether oxygens (including phenoxy) is 2. The third-order valence-electron chi connectivity index (χ3n) is 6.98. The lowest BCUT2D eigenvalue weighted by Gasteiger charge is -2.29. The molecule has 4 aromatic rings. The van der Waals surface area contributed by atoms with Gasteiger partial charge in [-0.05, 0) is 92.3 Å². The standard InChI is InChI=1S/C30H30FN5O3S/c1-18-15-23(19(2)35(18)21-10-8-20(31)9-11-21)29-28(24-7-5-6-14-32-24)34-30(40)36(29)22-12-13-26(39-4)25(16-22)33-27(37)17-38-3/h5-16,28-29H,17H2,1-4H3,(H,33,37)(H,34,40)/t28-,29-/m0/s1. The Morgan fingerprint density at radius 1 is 1.07 bits per heavy atom. The van der Waals surface area contributed by atoms with E-state index in [-0.39, 0.29) is 30.4 Å². The number of anilines is 2. The van der Waals surface area contributed by atoms with Crippen molar-refractivity contribution >= 4 is 34.6 Å². The average molecular weight is 560 g/mol. The number of aryl methyl sites for hydroxylation is 1. The monoisotopic (exact) mass is 559 g/mol. The first-order valence-corrected chi connectivity index (χ1v) is 13.2. The predicted octanol–water partition coefficient (Wildman–Crippen LogP) is 5.40. The van der Waals surface area contributed by atoms with Crippen molar-refractivity contribution in [2.75, 3.05) is 31.0 Å². The summed E-state index contributed by atoms with van der Waals surface area (Å²) in [6, 6.07) is 19.4. The maximum atomic E-state index is 13.7. The number of hydrogen-bond acceptors (Lipinski definition) is 5. The smallest absolute Gasteiger partial charge is 0.250 e. The zero-order valence-corrected chi connectivity index (χ0v) is 23.5.